The van der Waals surface area contributed by atoms with Gasteiger partial charge in [0.05, 0.1) is 18.0 Å². The van der Waals surface area contributed by atoms with Gasteiger partial charge in [0.15, 0.2) is 6.10 Å². The summed E-state index contributed by atoms with van der Waals surface area (Å²) >= 11 is 3.19. The molecule has 2 atom stereocenters. The van der Waals surface area contributed by atoms with Gasteiger partial charge in [0.25, 0.3) is 5.91 Å². The van der Waals surface area contributed by atoms with Crippen molar-refractivity contribution < 1.29 is 28.1 Å². The number of nitrogens with one attached hydrogen (secondary N) is 2. The van der Waals surface area contributed by atoms with E-state index in [0.29, 0.717) is 16.5 Å². The summed E-state index contributed by atoms with van der Waals surface area (Å²) < 4.78 is 25.1. The Balaban J connectivity index is 1.61. The van der Waals surface area contributed by atoms with Crippen molar-refractivity contribution >= 4 is 40.8 Å². The summed E-state index contributed by atoms with van der Waals surface area (Å²) in [5, 5.41) is 5.24. The Labute approximate surface area is 194 Å². The number of hydrogen-bond acceptors (Lipinski definition) is 5. The van der Waals surface area contributed by atoms with Gasteiger partial charge >= 0.3 is 13.1 Å². The van der Waals surface area contributed by atoms with E-state index >= 15 is 0 Å². The first-order valence-corrected chi connectivity index (χ1v) is 11.0. The fourth-order valence-corrected chi connectivity index (χ4v) is 3.77. The molecule has 2 amide bonds. The summed E-state index contributed by atoms with van der Waals surface area (Å²) in [6.07, 6.45) is -0.369. The first-order valence-electron chi connectivity index (χ1n) is 10.2. The molecule has 7 nitrogen and oxygen atoms in total. The molecule has 1 saturated heterocycles. The lowest BCUT2D eigenvalue weighted by molar-refractivity contribution is -0.136. The lowest BCUT2D eigenvalue weighted by atomic mass is 9.74. The quantitative estimate of drug-likeness (QED) is 0.538. The Morgan fingerprint density at radius 1 is 1.19 bits per heavy atom. The molecule has 0 spiro atoms. The molecule has 32 heavy (non-hydrogen) atoms. The molecule has 1 aliphatic heterocycles. The third-order valence-electron chi connectivity index (χ3n) is 4.80. The Kier molecular flexibility index (Phi) is 8.03. The first-order chi connectivity index (χ1) is 15.2. The standard InChI is InChI=1S/C22H23BBrFN2O5/c1-13(2)10-18(23-31-20(22(30)32-23)14-6-4-3-5-7-14)27-19(28)12-26-21(29)16-11-15(25)8-9-17(16)24/h3-9,11,13,18,20H,10,12H2,1-2H3,(H,26,29)(H,27,28). The van der Waals surface area contributed by atoms with Crippen molar-refractivity contribution in [3.8, 4) is 0 Å². The maximum Gasteiger partial charge on any atom is 0.552 e. The number of amides is 2. The Morgan fingerprint density at radius 2 is 1.91 bits per heavy atom. The van der Waals surface area contributed by atoms with E-state index in [1.165, 1.54) is 12.1 Å². The van der Waals surface area contributed by atoms with Gasteiger partial charge in [-0.15, -0.1) is 0 Å². The summed E-state index contributed by atoms with van der Waals surface area (Å²) in [6.45, 7) is 3.60. The van der Waals surface area contributed by atoms with Gasteiger partial charge in [0.1, 0.15) is 5.82 Å². The van der Waals surface area contributed by atoms with Gasteiger partial charge in [0.2, 0.25) is 5.91 Å². The van der Waals surface area contributed by atoms with E-state index in [9.17, 15) is 18.8 Å². The zero-order valence-corrected chi connectivity index (χ0v) is 19.2. The Hall–Kier alpha value is -2.72. The minimum atomic E-state index is -0.952. The van der Waals surface area contributed by atoms with Crippen molar-refractivity contribution in [3.05, 3.63) is 69.9 Å². The second kappa shape index (κ2) is 10.7. The molecule has 2 aromatic carbocycles. The zero-order chi connectivity index (χ0) is 23.3. The summed E-state index contributed by atoms with van der Waals surface area (Å²) in [5.74, 6) is -2.59. The van der Waals surface area contributed by atoms with E-state index < -0.39 is 42.8 Å². The van der Waals surface area contributed by atoms with Crippen LogP contribution < -0.4 is 10.6 Å². The van der Waals surface area contributed by atoms with Crippen LogP contribution >= 0.6 is 15.9 Å². The molecule has 2 unspecified atom stereocenters. The minimum Gasteiger partial charge on any atom is -0.506 e. The molecule has 2 N–H and O–H groups in total. The van der Waals surface area contributed by atoms with Crippen molar-refractivity contribution in [3.63, 3.8) is 0 Å². The number of hydrogen-bond donors (Lipinski definition) is 2. The molecule has 2 aromatic rings. The summed E-state index contributed by atoms with van der Waals surface area (Å²) in [4.78, 5) is 37.1. The van der Waals surface area contributed by atoms with Gasteiger partial charge in [-0.3, -0.25) is 14.4 Å². The highest BCUT2D eigenvalue weighted by atomic mass is 79.9. The first kappa shape index (κ1) is 23.9. The van der Waals surface area contributed by atoms with Gasteiger partial charge in [-0.25, -0.2) is 4.39 Å². The Bertz CT molecular complexity index is 992. The van der Waals surface area contributed by atoms with Crippen LogP contribution in [0.2, 0.25) is 0 Å². The third-order valence-corrected chi connectivity index (χ3v) is 5.49. The van der Waals surface area contributed by atoms with Crippen LogP contribution in [0.4, 0.5) is 4.39 Å². The lowest BCUT2D eigenvalue weighted by Gasteiger charge is -2.21. The minimum absolute atomic E-state index is 0.0790. The van der Waals surface area contributed by atoms with E-state index in [1.54, 1.807) is 24.3 Å². The molecular formula is C22H23BBrFN2O5. The largest absolute Gasteiger partial charge is 0.552 e. The predicted octanol–water partition coefficient (Wildman–Crippen LogP) is 3.19. The molecule has 0 saturated carbocycles. The van der Waals surface area contributed by atoms with E-state index in [2.05, 4.69) is 26.6 Å². The predicted molar refractivity (Wildman–Crippen MR) is 120 cm³/mol. The smallest absolute Gasteiger partial charge is 0.506 e. The highest BCUT2D eigenvalue weighted by Gasteiger charge is 2.46. The van der Waals surface area contributed by atoms with Crippen molar-refractivity contribution in [1.29, 1.82) is 0 Å². The average molecular weight is 505 g/mol. The number of rotatable bonds is 8. The second-order valence-electron chi connectivity index (χ2n) is 7.84. The monoisotopic (exact) mass is 504 g/mol. The van der Waals surface area contributed by atoms with Crippen molar-refractivity contribution in [2.45, 2.75) is 32.3 Å². The van der Waals surface area contributed by atoms with Crippen LogP contribution in [0.15, 0.2) is 53.0 Å². The number of benzene rings is 2. The van der Waals surface area contributed by atoms with Gasteiger partial charge in [-0.2, -0.15) is 0 Å². The van der Waals surface area contributed by atoms with Crippen LogP contribution in [0, 0.1) is 11.7 Å². The maximum atomic E-state index is 13.4. The van der Waals surface area contributed by atoms with Crippen molar-refractivity contribution in [2.24, 2.45) is 5.92 Å². The molecule has 168 valence electrons. The zero-order valence-electron chi connectivity index (χ0n) is 17.6. The molecule has 1 fully saturated rings. The molecule has 0 aromatic heterocycles. The maximum absolute atomic E-state index is 13.4. The van der Waals surface area contributed by atoms with Crippen LogP contribution in [0.1, 0.15) is 42.3 Å². The van der Waals surface area contributed by atoms with Gasteiger partial charge in [0, 0.05) is 4.47 Å². The third kappa shape index (κ3) is 6.17. The van der Waals surface area contributed by atoms with Crippen LogP contribution in [0.25, 0.3) is 0 Å². The van der Waals surface area contributed by atoms with Crippen LogP contribution in [0.3, 0.4) is 0 Å². The number of carbonyl (C=O) groups excluding carboxylic acids is 3. The van der Waals surface area contributed by atoms with Gasteiger partial charge in [-0.05, 0) is 52.0 Å². The number of halogens is 2. The van der Waals surface area contributed by atoms with Gasteiger partial charge < -0.3 is 19.9 Å². The fourth-order valence-electron chi connectivity index (χ4n) is 3.34. The number of carbonyl (C=O) groups is 3. The molecular weight excluding hydrogens is 482 g/mol. The van der Waals surface area contributed by atoms with E-state index in [1.807, 2.05) is 19.9 Å². The van der Waals surface area contributed by atoms with E-state index in [4.69, 9.17) is 9.31 Å². The molecule has 0 bridgehead atoms. The topological polar surface area (TPSA) is 93.7 Å². The lowest BCUT2D eigenvalue weighted by Crippen LogP contribution is -2.50. The SMILES string of the molecule is CC(C)CC(NC(=O)CNC(=O)c1cc(F)ccc1Br)B1OC(=O)C(c2ccccc2)O1. The van der Waals surface area contributed by atoms with E-state index in [0.717, 1.165) is 6.07 Å². The summed E-state index contributed by atoms with van der Waals surface area (Å²) in [5.41, 5.74) is 0.748. The van der Waals surface area contributed by atoms with E-state index in [-0.39, 0.29) is 18.0 Å². The summed E-state index contributed by atoms with van der Waals surface area (Å²) in [7, 11) is -0.952. The van der Waals surface area contributed by atoms with Crippen molar-refractivity contribution in [1.82, 2.24) is 10.6 Å². The molecule has 0 aliphatic carbocycles. The second-order valence-corrected chi connectivity index (χ2v) is 8.70. The molecule has 1 aliphatic rings. The van der Waals surface area contributed by atoms with Gasteiger partial charge in [-0.1, -0.05) is 44.2 Å². The fraction of sp³-hybridized carbons (Fsp3) is 0.318. The normalized spacial score (nSPS) is 16.6. The van der Waals surface area contributed by atoms with Crippen LogP contribution in [-0.2, 0) is 18.9 Å². The highest BCUT2D eigenvalue weighted by molar-refractivity contribution is 9.10. The Morgan fingerprint density at radius 3 is 2.59 bits per heavy atom. The van der Waals surface area contributed by atoms with Crippen molar-refractivity contribution in [2.75, 3.05) is 6.54 Å². The molecule has 1 heterocycles. The average Bonchev–Trinajstić information content (AvgIpc) is 3.15. The molecule has 10 heteroatoms. The molecule has 0 radical (unpaired) electrons. The highest BCUT2D eigenvalue weighted by Crippen LogP contribution is 2.28. The van der Waals surface area contributed by atoms with Crippen LogP contribution in [-0.4, -0.2) is 37.4 Å². The summed E-state index contributed by atoms with van der Waals surface area (Å²) in [6, 6.07) is 12.7. The van der Waals surface area contributed by atoms with Crippen LogP contribution in [0.5, 0.6) is 0 Å². The molecule has 3 rings (SSSR count).